The van der Waals surface area contributed by atoms with Gasteiger partial charge >= 0.3 is 0 Å². The quantitative estimate of drug-likeness (QED) is 0.780. The molecule has 0 aliphatic heterocycles. The summed E-state index contributed by atoms with van der Waals surface area (Å²) < 4.78 is 5.48. The Hall–Kier alpha value is -2.24. The van der Waals surface area contributed by atoms with Crippen LogP contribution in [0.2, 0.25) is 10.0 Å². The Bertz CT molecular complexity index is 781. The van der Waals surface area contributed by atoms with Crippen molar-refractivity contribution in [2.45, 2.75) is 26.4 Å². The minimum absolute atomic E-state index is 0.172. The molecule has 0 aliphatic carbocycles. The van der Waals surface area contributed by atoms with Crippen molar-refractivity contribution in [3.63, 3.8) is 0 Å². The Morgan fingerprint density at radius 3 is 2.52 bits per heavy atom. The van der Waals surface area contributed by atoms with Crippen molar-refractivity contribution in [1.29, 1.82) is 0 Å². The summed E-state index contributed by atoms with van der Waals surface area (Å²) in [7, 11) is 0. The van der Waals surface area contributed by atoms with Crippen LogP contribution >= 0.6 is 23.2 Å². The number of rotatable bonds is 5. The number of ether oxygens (including phenoxy) is 1. The van der Waals surface area contributed by atoms with Crippen LogP contribution in [0.5, 0.6) is 5.75 Å². The van der Waals surface area contributed by atoms with Crippen molar-refractivity contribution in [3.8, 4) is 5.75 Å². The maximum atomic E-state index is 12.0. The van der Waals surface area contributed by atoms with Crippen LogP contribution in [0.4, 0.5) is 0 Å². The monoisotopic (exact) mass is 380 g/mol. The van der Waals surface area contributed by atoms with Crippen LogP contribution in [0, 0.1) is 6.92 Å². The number of nitrogens with one attached hydrogen (secondary N) is 2. The number of carbonyl (C=O) groups is 2. The van der Waals surface area contributed by atoms with E-state index in [1.807, 2.05) is 31.2 Å². The molecule has 0 radical (unpaired) electrons. The van der Waals surface area contributed by atoms with Gasteiger partial charge in [0.1, 0.15) is 5.75 Å². The SMILES string of the molecule is Cc1ccccc1CC(=O)NNC(=O)C(C)Oc1ccc(Cl)cc1Cl. The molecule has 0 aromatic heterocycles. The van der Waals surface area contributed by atoms with Gasteiger partial charge < -0.3 is 4.74 Å². The topological polar surface area (TPSA) is 67.4 Å². The summed E-state index contributed by atoms with van der Waals surface area (Å²) in [6, 6.07) is 12.3. The van der Waals surface area contributed by atoms with Gasteiger partial charge in [-0.15, -0.1) is 0 Å². The van der Waals surface area contributed by atoms with Crippen molar-refractivity contribution < 1.29 is 14.3 Å². The Morgan fingerprint density at radius 1 is 1.12 bits per heavy atom. The van der Waals surface area contributed by atoms with Gasteiger partial charge in [0.15, 0.2) is 6.10 Å². The van der Waals surface area contributed by atoms with E-state index in [0.29, 0.717) is 15.8 Å². The zero-order valence-electron chi connectivity index (χ0n) is 13.8. The van der Waals surface area contributed by atoms with Gasteiger partial charge in [0.2, 0.25) is 5.91 Å². The van der Waals surface area contributed by atoms with Gasteiger partial charge in [-0.3, -0.25) is 20.4 Å². The molecule has 0 saturated heterocycles. The number of hydrazine groups is 1. The Balaban J connectivity index is 1.84. The number of hydrogen-bond donors (Lipinski definition) is 2. The fraction of sp³-hybridized carbons (Fsp3) is 0.222. The third-order valence-corrected chi connectivity index (χ3v) is 4.03. The lowest BCUT2D eigenvalue weighted by Crippen LogP contribution is -2.47. The highest BCUT2D eigenvalue weighted by atomic mass is 35.5. The minimum atomic E-state index is -0.850. The van der Waals surface area contributed by atoms with Gasteiger partial charge in [0, 0.05) is 5.02 Å². The third kappa shape index (κ3) is 5.66. The van der Waals surface area contributed by atoms with E-state index >= 15 is 0 Å². The number of amides is 2. The third-order valence-electron chi connectivity index (χ3n) is 3.50. The summed E-state index contributed by atoms with van der Waals surface area (Å²) in [5.74, 6) is -0.483. The second kappa shape index (κ2) is 8.74. The Morgan fingerprint density at radius 2 is 1.84 bits per heavy atom. The highest BCUT2D eigenvalue weighted by molar-refractivity contribution is 6.35. The van der Waals surface area contributed by atoms with Crippen molar-refractivity contribution in [1.82, 2.24) is 10.9 Å². The van der Waals surface area contributed by atoms with Crippen molar-refractivity contribution in [2.24, 2.45) is 0 Å². The predicted octanol–water partition coefficient (Wildman–Crippen LogP) is 3.46. The van der Waals surface area contributed by atoms with E-state index in [0.717, 1.165) is 11.1 Å². The van der Waals surface area contributed by atoms with E-state index in [2.05, 4.69) is 10.9 Å². The summed E-state index contributed by atoms with van der Waals surface area (Å²) in [4.78, 5) is 24.0. The van der Waals surface area contributed by atoms with Gasteiger partial charge in [-0.05, 0) is 43.2 Å². The summed E-state index contributed by atoms with van der Waals surface area (Å²) in [5.41, 5.74) is 6.62. The summed E-state index contributed by atoms with van der Waals surface area (Å²) >= 11 is 11.8. The van der Waals surface area contributed by atoms with Gasteiger partial charge in [0.25, 0.3) is 5.91 Å². The zero-order valence-corrected chi connectivity index (χ0v) is 15.3. The number of carbonyl (C=O) groups excluding carboxylic acids is 2. The molecule has 25 heavy (non-hydrogen) atoms. The van der Waals surface area contributed by atoms with E-state index in [1.54, 1.807) is 19.1 Å². The predicted molar refractivity (Wildman–Crippen MR) is 97.7 cm³/mol. The first kappa shape index (κ1) is 19.1. The number of hydrogen-bond acceptors (Lipinski definition) is 3. The number of benzene rings is 2. The van der Waals surface area contributed by atoms with Crippen LogP contribution in [0.25, 0.3) is 0 Å². The van der Waals surface area contributed by atoms with E-state index in [9.17, 15) is 9.59 Å². The lowest BCUT2D eigenvalue weighted by atomic mass is 10.1. The van der Waals surface area contributed by atoms with Crippen LogP contribution in [0.3, 0.4) is 0 Å². The molecule has 0 saturated carbocycles. The van der Waals surface area contributed by atoms with Crippen molar-refractivity contribution in [2.75, 3.05) is 0 Å². The minimum Gasteiger partial charge on any atom is -0.479 e. The molecular weight excluding hydrogens is 363 g/mol. The normalized spacial score (nSPS) is 11.5. The zero-order chi connectivity index (χ0) is 18.4. The standard InChI is InChI=1S/C18H18Cl2N2O3/c1-11-5-3-4-6-13(11)9-17(23)21-22-18(24)12(2)25-16-8-7-14(19)10-15(16)20/h3-8,10,12H,9H2,1-2H3,(H,21,23)(H,22,24). The van der Waals surface area contributed by atoms with Crippen LogP contribution in [-0.2, 0) is 16.0 Å². The molecule has 132 valence electrons. The molecule has 0 fully saturated rings. The molecule has 7 heteroatoms. The molecule has 2 rings (SSSR count). The molecule has 2 aromatic rings. The maximum Gasteiger partial charge on any atom is 0.279 e. The molecule has 1 unspecified atom stereocenters. The van der Waals surface area contributed by atoms with Crippen LogP contribution in [0.1, 0.15) is 18.1 Å². The lowest BCUT2D eigenvalue weighted by molar-refractivity contribution is -0.132. The smallest absolute Gasteiger partial charge is 0.279 e. The van der Waals surface area contributed by atoms with Crippen LogP contribution in [-0.4, -0.2) is 17.9 Å². The fourth-order valence-corrected chi connectivity index (χ4v) is 2.53. The summed E-state index contributed by atoms with van der Waals surface area (Å²) in [6.07, 6.45) is -0.678. The second-order valence-corrected chi connectivity index (χ2v) is 6.32. The molecule has 0 aliphatic rings. The van der Waals surface area contributed by atoms with Crippen molar-refractivity contribution >= 4 is 35.0 Å². The van der Waals surface area contributed by atoms with Gasteiger partial charge in [-0.2, -0.15) is 0 Å². The van der Waals surface area contributed by atoms with Crippen molar-refractivity contribution in [3.05, 3.63) is 63.6 Å². The van der Waals surface area contributed by atoms with E-state index in [4.69, 9.17) is 27.9 Å². The van der Waals surface area contributed by atoms with Gasteiger partial charge in [-0.1, -0.05) is 47.5 Å². The Labute approximate surface area is 156 Å². The van der Waals surface area contributed by atoms with Gasteiger partial charge in [-0.25, -0.2) is 0 Å². The molecule has 0 heterocycles. The Kier molecular flexibility index (Phi) is 6.67. The molecule has 0 spiro atoms. The average molecular weight is 381 g/mol. The molecule has 2 aromatic carbocycles. The van der Waals surface area contributed by atoms with Crippen LogP contribution < -0.4 is 15.6 Å². The molecule has 0 bridgehead atoms. The first-order valence-electron chi connectivity index (χ1n) is 7.61. The largest absolute Gasteiger partial charge is 0.479 e. The van der Waals surface area contributed by atoms with E-state index in [1.165, 1.54) is 6.07 Å². The van der Waals surface area contributed by atoms with Gasteiger partial charge in [0.05, 0.1) is 11.4 Å². The summed E-state index contributed by atoms with van der Waals surface area (Å²) in [5, 5.41) is 0.772. The van der Waals surface area contributed by atoms with E-state index in [-0.39, 0.29) is 12.3 Å². The van der Waals surface area contributed by atoms with Crippen LogP contribution in [0.15, 0.2) is 42.5 Å². The maximum absolute atomic E-state index is 12.0. The lowest BCUT2D eigenvalue weighted by Gasteiger charge is -2.16. The molecular formula is C18H18Cl2N2O3. The fourth-order valence-electron chi connectivity index (χ4n) is 2.07. The first-order chi connectivity index (χ1) is 11.9. The highest BCUT2D eigenvalue weighted by Gasteiger charge is 2.17. The molecule has 5 nitrogen and oxygen atoms in total. The molecule has 2 N–H and O–H groups in total. The summed E-state index contributed by atoms with van der Waals surface area (Å²) in [6.45, 7) is 3.47. The first-order valence-corrected chi connectivity index (χ1v) is 8.37. The average Bonchev–Trinajstić information content (AvgIpc) is 2.57. The molecule has 2 amide bonds. The molecule has 1 atom stereocenters. The number of aryl methyl sites for hydroxylation is 1. The number of halogens is 2. The van der Waals surface area contributed by atoms with E-state index < -0.39 is 12.0 Å². The second-order valence-electron chi connectivity index (χ2n) is 5.48. The highest BCUT2D eigenvalue weighted by Crippen LogP contribution is 2.28.